The molecule has 0 aliphatic rings. The molecule has 0 aliphatic carbocycles. The molecule has 0 bridgehead atoms. The van der Waals surface area contributed by atoms with Crippen LogP contribution in [0.5, 0.6) is 11.5 Å². The molecular formula is C29H45NO11. The SMILES string of the molecule is CCC(C)COC(=O)O[C@@H](C)[C@H](C)OC(=O)[C@@H](N)Cc1ccc(OC(=O)OC(C)CC)c(OC(=O)OC(C)CC)c1. The molecule has 6 atom stereocenters. The Hall–Kier alpha value is -3.54. The molecule has 41 heavy (non-hydrogen) atoms. The molecule has 3 unspecified atom stereocenters. The normalized spacial score (nSPS) is 15.2. The van der Waals surface area contributed by atoms with E-state index in [-0.39, 0.29) is 36.5 Å². The highest BCUT2D eigenvalue weighted by atomic mass is 16.8. The minimum Gasteiger partial charge on any atom is -0.458 e. The molecule has 0 heterocycles. The first kappa shape index (κ1) is 35.5. The minimum absolute atomic E-state index is 0.00783. The van der Waals surface area contributed by atoms with Crippen LogP contribution in [0.2, 0.25) is 0 Å². The molecule has 232 valence electrons. The van der Waals surface area contributed by atoms with Gasteiger partial charge in [0.2, 0.25) is 0 Å². The molecule has 2 N–H and O–H groups in total. The van der Waals surface area contributed by atoms with Gasteiger partial charge in [-0.3, -0.25) is 4.79 Å². The Balaban J connectivity index is 2.89. The number of hydrogen-bond donors (Lipinski definition) is 1. The van der Waals surface area contributed by atoms with Crippen molar-refractivity contribution in [3.05, 3.63) is 23.8 Å². The van der Waals surface area contributed by atoms with Gasteiger partial charge in [-0.05, 0) is 70.6 Å². The van der Waals surface area contributed by atoms with Crippen LogP contribution in [-0.4, -0.2) is 61.5 Å². The third-order valence-electron chi connectivity index (χ3n) is 6.33. The lowest BCUT2D eigenvalue weighted by molar-refractivity contribution is -0.155. The fourth-order valence-electron chi connectivity index (χ4n) is 2.88. The third-order valence-corrected chi connectivity index (χ3v) is 6.33. The molecule has 0 saturated heterocycles. The highest BCUT2D eigenvalue weighted by molar-refractivity contribution is 5.76. The van der Waals surface area contributed by atoms with Gasteiger partial charge in [0.05, 0.1) is 6.61 Å². The van der Waals surface area contributed by atoms with Crippen LogP contribution in [0.25, 0.3) is 0 Å². The molecule has 0 aliphatic heterocycles. The van der Waals surface area contributed by atoms with E-state index < -0.39 is 48.8 Å². The highest BCUT2D eigenvalue weighted by Crippen LogP contribution is 2.30. The third kappa shape index (κ3) is 13.6. The Morgan fingerprint density at radius 3 is 1.78 bits per heavy atom. The number of ether oxygens (including phenoxy) is 7. The second-order valence-electron chi connectivity index (χ2n) is 10.0. The molecule has 0 radical (unpaired) electrons. The van der Waals surface area contributed by atoms with Crippen LogP contribution in [0, 0.1) is 5.92 Å². The van der Waals surface area contributed by atoms with E-state index in [4.69, 9.17) is 38.9 Å². The van der Waals surface area contributed by atoms with E-state index in [0.29, 0.717) is 18.4 Å². The summed E-state index contributed by atoms with van der Waals surface area (Å²) in [5.74, 6) is -0.748. The van der Waals surface area contributed by atoms with E-state index in [1.54, 1.807) is 33.8 Å². The van der Waals surface area contributed by atoms with Gasteiger partial charge in [0.25, 0.3) is 0 Å². The average Bonchev–Trinajstić information content (AvgIpc) is 2.92. The van der Waals surface area contributed by atoms with Crippen molar-refractivity contribution in [2.75, 3.05) is 6.61 Å². The number of nitrogens with two attached hydrogens (primary N) is 1. The van der Waals surface area contributed by atoms with E-state index in [2.05, 4.69) is 0 Å². The van der Waals surface area contributed by atoms with Crippen LogP contribution in [0.4, 0.5) is 14.4 Å². The molecule has 0 saturated carbocycles. The van der Waals surface area contributed by atoms with Crippen molar-refractivity contribution in [2.45, 2.75) is 112 Å². The standard InChI is InChI=1S/C29H45NO11/c1-9-17(4)16-35-27(32)39-21(8)20(7)38-26(31)23(30)14-22-12-13-24(40-28(33)36-18(5)10-2)25(15-22)41-29(34)37-19(6)11-3/h12-13,15,17-21,23H,9-11,14,16,30H2,1-8H3/t17?,18?,19?,20-,21-,23-/m0/s1. The van der Waals surface area contributed by atoms with Gasteiger partial charge in [-0.2, -0.15) is 0 Å². The molecular weight excluding hydrogens is 538 g/mol. The first-order chi connectivity index (χ1) is 19.3. The monoisotopic (exact) mass is 583 g/mol. The Bertz CT molecular complexity index is 999. The van der Waals surface area contributed by atoms with Crippen molar-refractivity contribution < 1.29 is 52.3 Å². The van der Waals surface area contributed by atoms with Gasteiger partial charge in [0.1, 0.15) is 30.5 Å². The molecule has 1 aromatic rings. The molecule has 12 heteroatoms. The van der Waals surface area contributed by atoms with Gasteiger partial charge in [-0.15, -0.1) is 0 Å². The fourth-order valence-corrected chi connectivity index (χ4v) is 2.88. The summed E-state index contributed by atoms with van der Waals surface area (Å²) in [7, 11) is 0. The first-order valence-corrected chi connectivity index (χ1v) is 14.0. The lowest BCUT2D eigenvalue weighted by atomic mass is 10.1. The van der Waals surface area contributed by atoms with Crippen molar-refractivity contribution in [1.29, 1.82) is 0 Å². The molecule has 1 aromatic carbocycles. The Morgan fingerprint density at radius 1 is 0.707 bits per heavy atom. The van der Waals surface area contributed by atoms with Gasteiger partial charge in [-0.25, -0.2) is 14.4 Å². The van der Waals surface area contributed by atoms with E-state index in [1.807, 2.05) is 27.7 Å². The highest BCUT2D eigenvalue weighted by Gasteiger charge is 2.26. The fraction of sp³-hybridized carbons (Fsp3) is 0.655. The van der Waals surface area contributed by atoms with E-state index in [1.165, 1.54) is 12.1 Å². The minimum atomic E-state index is -1.11. The van der Waals surface area contributed by atoms with Crippen molar-refractivity contribution in [2.24, 2.45) is 11.7 Å². The van der Waals surface area contributed by atoms with E-state index in [0.717, 1.165) is 6.42 Å². The van der Waals surface area contributed by atoms with Crippen LogP contribution in [-0.2, 0) is 34.9 Å². The van der Waals surface area contributed by atoms with E-state index in [9.17, 15) is 19.2 Å². The zero-order chi connectivity index (χ0) is 31.1. The van der Waals surface area contributed by atoms with Gasteiger partial charge < -0.3 is 38.9 Å². The number of rotatable bonds is 15. The topological polar surface area (TPSA) is 159 Å². The van der Waals surface area contributed by atoms with Gasteiger partial charge in [0, 0.05) is 0 Å². The quantitative estimate of drug-likeness (QED) is 0.153. The summed E-state index contributed by atoms with van der Waals surface area (Å²) in [6, 6.07) is 3.23. The average molecular weight is 584 g/mol. The maximum atomic E-state index is 12.7. The van der Waals surface area contributed by atoms with Crippen LogP contribution < -0.4 is 15.2 Å². The molecule has 0 aromatic heterocycles. The van der Waals surface area contributed by atoms with Crippen LogP contribution >= 0.6 is 0 Å². The number of benzene rings is 1. The summed E-state index contributed by atoms with van der Waals surface area (Å²) in [4.78, 5) is 49.0. The summed E-state index contributed by atoms with van der Waals surface area (Å²) in [6.45, 7) is 14.4. The lowest BCUT2D eigenvalue weighted by Crippen LogP contribution is -2.39. The van der Waals surface area contributed by atoms with Crippen LogP contribution in [0.15, 0.2) is 18.2 Å². The molecule has 0 spiro atoms. The van der Waals surface area contributed by atoms with Crippen molar-refractivity contribution in [3.63, 3.8) is 0 Å². The zero-order valence-electron chi connectivity index (χ0n) is 25.3. The van der Waals surface area contributed by atoms with Gasteiger partial charge >= 0.3 is 24.4 Å². The maximum Gasteiger partial charge on any atom is 0.514 e. The molecule has 12 nitrogen and oxygen atoms in total. The number of esters is 1. The summed E-state index contributed by atoms with van der Waals surface area (Å²) < 4.78 is 36.4. The smallest absolute Gasteiger partial charge is 0.458 e. The van der Waals surface area contributed by atoms with Crippen LogP contribution in [0.1, 0.15) is 80.2 Å². The summed E-state index contributed by atoms with van der Waals surface area (Å²) >= 11 is 0. The zero-order valence-corrected chi connectivity index (χ0v) is 25.3. The Morgan fingerprint density at radius 2 is 1.24 bits per heavy atom. The maximum absolute atomic E-state index is 12.7. The number of carbonyl (C=O) groups excluding carboxylic acids is 4. The predicted molar refractivity (Wildman–Crippen MR) is 149 cm³/mol. The molecule has 1 rings (SSSR count). The predicted octanol–water partition coefficient (Wildman–Crippen LogP) is 5.70. The van der Waals surface area contributed by atoms with Gasteiger partial charge in [0.15, 0.2) is 11.5 Å². The van der Waals surface area contributed by atoms with Crippen LogP contribution in [0.3, 0.4) is 0 Å². The Kier molecular flexibility index (Phi) is 15.6. The molecule has 0 amide bonds. The van der Waals surface area contributed by atoms with Crippen molar-refractivity contribution in [1.82, 2.24) is 0 Å². The summed E-state index contributed by atoms with van der Waals surface area (Å²) in [5, 5.41) is 0. The Labute approximate surface area is 242 Å². The van der Waals surface area contributed by atoms with Crippen molar-refractivity contribution >= 4 is 24.4 Å². The summed E-state index contributed by atoms with van der Waals surface area (Å²) in [5.41, 5.74) is 6.56. The number of carbonyl (C=O) groups is 4. The second kappa shape index (κ2) is 18.0. The summed E-state index contributed by atoms with van der Waals surface area (Å²) in [6.07, 6.45) is -3.18. The first-order valence-electron chi connectivity index (χ1n) is 14.0. The lowest BCUT2D eigenvalue weighted by Gasteiger charge is -2.22. The molecule has 0 fully saturated rings. The van der Waals surface area contributed by atoms with Gasteiger partial charge in [-0.1, -0.05) is 40.2 Å². The largest absolute Gasteiger partial charge is 0.514 e. The van der Waals surface area contributed by atoms with E-state index >= 15 is 0 Å². The van der Waals surface area contributed by atoms with Crippen molar-refractivity contribution in [3.8, 4) is 11.5 Å². The second-order valence-corrected chi connectivity index (χ2v) is 10.0. The number of hydrogen-bond acceptors (Lipinski definition) is 12.